The van der Waals surface area contributed by atoms with Crippen molar-refractivity contribution in [3.05, 3.63) is 53.6 Å². The topological polar surface area (TPSA) is 55.2 Å². The zero-order valence-corrected chi connectivity index (χ0v) is 13.1. The summed E-state index contributed by atoms with van der Waals surface area (Å²) in [5.41, 5.74) is 2.10. The summed E-state index contributed by atoms with van der Waals surface area (Å²) in [6, 6.07) is 6.97. The summed E-state index contributed by atoms with van der Waals surface area (Å²) < 4.78 is 2.01. The second kappa shape index (κ2) is 6.34. The first-order chi connectivity index (χ1) is 9.68. The molecule has 1 aliphatic heterocycles. The van der Waals surface area contributed by atoms with E-state index in [1.54, 1.807) is 36.8 Å². The van der Waals surface area contributed by atoms with Crippen LogP contribution in [0.5, 0.6) is 0 Å². The van der Waals surface area contributed by atoms with Crippen LogP contribution < -0.4 is 0 Å². The van der Waals surface area contributed by atoms with Crippen molar-refractivity contribution < 1.29 is 30.0 Å². The molecule has 2 heterocycles. The van der Waals surface area contributed by atoms with Gasteiger partial charge < -0.3 is 4.57 Å². The third kappa shape index (κ3) is 2.83. The van der Waals surface area contributed by atoms with E-state index in [4.69, 9.17) is 0 Å². The van der Waals surface area contributed by atoms with Crippen molar-refractivity contribution in [2.24, 2.45) is 0 Å². The molecule has 0 radical (unpaired) electrons. The molecule has 2 aromatic rings. The van der Waals surface area contributed by atoms with Crippen molar-refractivity contribution in [1.82, 2.24) is 14.5 Å². The van der Waals surface area contributed by atoms with Crippen LogP contribution in [-0.2, 0) is 27.0 Å². The maximum absolute atomic E-state index is 12.2. The fourth-order valence-corrected chi connectivity index (χ4v) is 2.46. The van der Waals surface area contributed by atoms with Gasteiger partial charge in [-0.25, -0.2) is 4.98 Å². The monoisotopic (exact) mass is 375 g/mol. The molecule has 5 nitrogen and oxygen atoms in total. The number of rotatable bonds is 4. The molecule has 3 rings (SSSR count). The molecule has 2 amide bonds. The number of benzene rings is 1. The van der Waals surface area contributed by atoms with Crippen LogP contribution >= 0.6 is 0 Å². The molecular formula is C15H15N3O2Pd. The van der Waals surface area contributed by atoms with Gasteiger partial charge in [0.25, 0.3) is 11.8 Å². The zero-order valence-electron chi connectivity index (χ0n) is 11.6. The largest absolute Gasteiger partial charge is 0.335 e. The number of nitrogens with zero attached hydrogens (tertiary/aromatic N) is 3. The van der Waals surface area contributed by atoms with Crippen LogP contribution in [0.2, 0.25) is 0 Å². The first-order valence-electron chi connectivity index (χ1n) is 6.60. The molecule has 0 saturated carbocycles. The molecule has 0 spiro atoms. The van der Waals surface area contributed by atoms with E-state index < -0.39 is 0 Å². The predicted octanol–water partition coefficient (Wildman–Crippen LogP) is 1.88. The van der Waals surface area contributed by atoms with Crippen LogP contribution in [0.15, 0.2) is 36.8 Å². The van der Waals surface area contributed by atoms with Crippen molar-refractivity contribution in [3.8, 4) is 0 Å². The van der Waals surface area contributed by atoms with E-state index >= 15 is 0 Å². The smallest absolute Gasteiger partial charge is 0.261 e. The number of aromatic nitrogens is 2. The van der Waals surface area contributed by atoms with Gasteiger partial charge in [-0.15, -0.1) is 0 Å². The van der Waals surface area contributed by atoms with Gasteiger partial charge in [-0.05, 0) is 25.5 Å². The van der Waals surface area contributed by atoms with Crippen LogP contribution in [0.4, 0.5) is 0 Å². The summed E-state index contributed by atoms with van der Waals surface area (Å²) in [4.78, 5) is 29.7. The van der Waals surface area contributed by atoms with Crippen LogP contribution in [0.1, 0.15) is 32.8 Å². The average Bonchev–Trinajstić information content (AvgIpc) is 2.97. The molecule has 0 unspecified atom stereocenters. The van der Waals surface area contributed by atoms with E-state index in [9.17, 15) is 9.59 Å². The average molecular weight is 376 g/mol. The maximum Gasteiger partial charge on any atom is 0.261 e. The Bertz CT molecular complexity index is 646. The Labute approximate surface area is 136 Å². The van der Waals surface area contributed by atoms with Gasteiger partial charge in [0.15, 0.2) is 0 Å². The molecule has 0 aliphatic carbocycles. The van der Waals surface area contributed by atoms with Crippen LogP contribution in [0.3, 0.4) is 0 Å². The molecule has 1 aromatic carbocycles. The van der Waals surface area contributed by atoms with Crippen molar-refractivity contribution in [2.45, 2.75) is 19.9 Å². The number of carbonyl (C=O) groups excluding carboxylic acids is 2. The third-order valence-electron chi connectivity index (χ3n) is 3.58. The van der Waals surface area contributed by atoms with Gasteiger partial charge in [0.05, 0.1) is 17.5 Å². The summed E-state index contributed by atoms with van der Waals surface area (Å²) in [6.45, 7) is 3.16. The molecule has 0 N–H and O–H groups in total. The number of hydrogen-bond acceptors (Lipinski definition) is 3. The second-order valence-electron chi connectivity index (χ2n) is 4.89. The molecule has 1 aromatic heterocycles. The second-order valence-corrected chi connectivity index (χ2v) is 4.89. The molecule has 0 fully saturated rings. The number of imide groups is 1. The van der Waals surface area contributed by atoms with Crippen LogP contribution in [-0.4, -0.2) is 32.8 Å². The Morgan fingerprint density at radius 2 is 1.67 bits per heavy atom. The van der Waals surface area contributed by atoms with Crippen LogP contribution in [0.25, 0.3) is 0 Å². The molecule has 0 saturated heterocycles. The van der Waals surface area contributed by atoms with Crippen molar-refractivity contribution in [3.63, 3.8) is 0 Å². The van der Waals surface area contributed by atoms with E-state index in [0.717, 1.165) is 18.7 Å². The van der Waals surface area contributed by atoms with Gasteiger partial charge >= 0.3 is 0 Å². The van der Waals surface area contributed by atoms with Gasteiger partial charge in [-0.2, -0.15) is 0 Å². The number of aryl methyl sites for hydroxylation is 2. The summed E-state index contributed by atoms with van der Waals surface area (Å²) in [5, 5.41) is 0. The zero-order chi connectivity index (χ0) is 14.1. The standard InChI is InChI=1S/C15H15N3O2.Pd/c1-11-9-16-10-17(11)7-4-8-18-14(19)12-5-2-3-6-13(12)15(18)20;/h2-3,5-6,9-10H,4,7-8H2,1H3;. The number of hydrogen-bond donors (Lipinski definition) is 0. The van der Waals surface area contributed by atoms with Crippen molar-refractivity contribution in [1.29, 1.82) is 0 Å². The minimum Gasteiger partial charge on any atom is -0.335 e. The molecule has 112 valence electrons. The van der Waals surface area contributed by atoms with E-state index in [1.165, 1.54) is 4.90 Å². The Kier molecular flexibility index (Phi) is 4.71. The summed E-state index contributed by atoms with van der Waals surface area (Å²) >= 11 is 0. The fourth-order valence-electron chi connectivity index (χ4n) is 2.46. The summed E-state index contributed by atoms with van der Waals surface area (Å²) in [5.74, 6) is -0.374. The van der Waals surface area contributed by atoms with E-state index in [2.05, 4.69) is 4.98 Å². The SMILES string of the molecule is Cc1cncn1CCCN1C(=O)c2ccccc2C1=O.[Pd]. The van der Waals surface area contributed by atoms with Gasteiger partial charge in [0, 0.05) is 45.4 Å². The minimum absolute atomic E-state index is 0. The minimum atomic E-state index is -0.187. The van der Waals surface area contributed by atoms with E-state index in [0.29, 0.717) is 17.7 Å². The molecule has 0 atom stereocenters. The van der Waals surface area contributed by atoms with Gasteiger partial charge in [-0.3, -0.25) is 14.5 Å². The normalized spacial score (nSPS) is 13.3. The first kappa shape index (κ1) is 15.6. The first-order valence-corrected chi connectivity index (χ1v) is 6.60. The third-order valence-corrected chi connectivity index (χ3v) is 3.58. The van der Waals surface area contributed by atoms with E-state index in [-0.39, 0.29) is 32.2 Å². The summed E-state index contributed by atoms with van der Waals surface area (Å²) in [6.07, 6.45) is 4.28. The number of carbonyl (C=O) groups is 2. The molecule has 0 bridgehead atoms. The number of imidazole rings is 1. The van der Waals surface area contributed by atoms with Gasteiger partial charge in [0.1, 0.15) is 0 Å². The fraction of sp³-hybridized carbons (Fsp3) is 0.267. The maximum atomic E-state index is 12.2. The molecule has 21 heavy (non-hydrogen) atoms. The predicted molar refractivity (Wildman–Crippen MR) is 73.4 cm³/mol. The molecule has 6 heteroatoms. The van der Waals surface area contributed by atoms with Crippen molar-refractivity contribution >= 4 is 11.8 Å². The molecular weight excluding hydrogens is 361 g/mol. The van der Waals surface area contributed by atoms with E-state index in [1.807, 2.05) is 11.5 Å². The van der Waals surface area contributed by atoms with Crippen molar-refractivity contribution in [2.75, 3.05) is 6.54 Å². The van der Waals surface area contributed by atoms with Crippen LogP contribution in [0, 0.1) is 6.92 Å². The Hall–Kier alpha value is -1.77. The number of amides is 2. The quantitative estimate of drug-likeness (QED) is 0.605. The van der Waals surface area contributed by atoms with Gasteiger partial charge in [-0.1, -0.05) is 12.1 Å². The summed E-state index contributed by atoms with van der Waals surface area (Å²) in [7, 11) is 0. The Morgan fingerprint density at radius 3 is 2.19 bits per heavy atom. The Morgan fingerprint density at radius 1 is 1.05 bits per heavy atom. The van der Waals surface area contributed by atoms with Gasteiger partial charge in [0.2, 0.25) is 0 Å². The molecule has 1 aliphatic rings. The Balaban J connectivity index is 0.00000161. The number of fused-ring (bicyclic) bond motifs is 1.